The number of halogens is 1. The normalized spacial score (nSPS) is 11.1. The molecular weight excluding hydrogens is 428 g/mol. The van der Waals surface area contributed by atoms with Gasteiger partial charge in [0.2, 0.25) is 0 Å². The Kier molecular flexibility index (Phi) is 4.96. The molecule has 5 nitrogen and oxygen atoms in total. The van der Waals surface area contributed by atoms with Crippen LogP contribution in [-0.4, -0.2) is 20.7 Å². The van der Waals surface area contributed by atoms with Gasteiger partial charge in [-0.05, 0) is 56.2 Å². The standard InChI is InChI=1S/C23H21BrN4O/c1-13-5-6-17-12-19(14(2)25-20(17)11-13)23(29)26-22-21(15(3)27-28(22)4)16-7-9-18(24)10-8-16/h5-12H,1-4H3,(H,26,29). The lowest BCUT2D eigenvalue weighted by Gasteiger charge is -2.12. The Hall–Kier alpha value is -2.99. The number of hydrogen-bond donors (Lipinski definition) is 1. The molecule has 0 saturated carbocycles. The summed E-state index contributed by atoms with van der Waals surface area (Å²) in [6.45, 7) is 5.84. The van der Waals surface area contributed by atoms with Crippen molar-refractivity contribution in [1.82, 2.24) is 14.8 Å². The molecule has 0 radical (unpaired) electrons. The summed E-state index contributed by atoms with van der Waals surface area (Å²) in [7, 11) is 1.83. The third kappa shape index (κ3) is 3.68. The van der Waals surface area contributed by atoms with Crippen LogP contribution in [0, 0.1) is 20.8 Å². The first-order chi connectivity index (χ1) is 13.8. The van der Waals surface area contributed by atoms with Gasteiger partial charge in [0.1, 0.15) is 5.82 Å². The van der Waals surface area contributed by atoms with Crippen LogP contribution in [0.5, 0.6) is 0 Å². The van der Waals surface area contributed by atoms with Crippen molar-refractivity contribution >= 4 is 38.6 Å². The minimum atomic E-state index is -0.196. The molecule has 2 aromatic carbocycles. The maximum Gasteiger partial charge on any atom is 0.258 e. The van der Waals surface area contributed by atoms with E-state index in [1.54, 1.807) is 4.68 Å². The van der Waals surface area contributed by atoms with Gasteiger partial charge in [0.15, 0.2) is 0 Å². The Morgan fingerprint density at radius 3 is 2.45 bits per heavy atom. The Bertz CT molecular complexity index is 1240. The summed E-state index contributed by atoms with van der Waals surface area (Å²) in [5, 5.41) is 8.51. The van der Waals surface area contributed by atoms with Crippen LogP contribution in [0.3, 0.4) is 0 Å². The van der Waals surface area contributed by atoms with E-state index in [1.165, 1.54) is 0 Å². The van der Waals surface area contributed by atoms with E-state index >= 15 is 0 Å². The van der Waals surface area contributed by atoms with Gasteiger partial charge in [-0.3, -0.25) is 14.5 Å². The topological polar surface area (TPSA) is 59.8 Å². The van der Waals surface area contributed by atoms with Crippen LogP contribution in [0.4, 0.5) is 5.82 Å². The summed E-state index contributed by atoms with van der Waals surface area (Å²) in [4.78, 5) is 17.8. The molecule has 146 valence electrons. The Morgan fingerprint density at radius 1 is 1.00 bits per heavy atom. The van der Waals surface area contributed by atoms with E-state index < -0.39 is 0 Å². The summed E-state index contributed by atoms with van der Waals surface area (Å²) in [5.41, 5.74) is 6.06. The number of aryl methyl sites for hydroxylation is 4. The van der Waals surface area contributed by atoms with Gasteiger partial charge < -0.3 is 5.32 Å². The second-order valence-corrected chi connectivity index (χ2v) is 8.13. The minimum absolute atomic E-state index is 0.196. The number of anilines is 1. The van der Waals surface area contributed by atoms with Gasteiger partial charge in [-0.25, -0.2) is 0 Å². The van der Waals surface area contributed by atoms with Crippen molar-refractivity contribution < 1.29 is 4.79 Å². The molecule has 29 heavy (non-hydrogen) atoms. The number of nitrogens with one attached hydrogen (secondary N) is 1. The molecular formula is C23H21BrN4O. The molecule has 0 unspecified atom stereocenters. The first-order valence-corrected chi connectivity index (χ1v) is 10.1. The van der Waals surface area contributed by atoms with Crippen molar-refractivity contribution in [1.29, 1.82) is 0 Å². The van der Waals surface area contributed by atoms with Gasteiger partial charge in [0.25, 0.3) is 5.91 Å². The molecule has 2 aromatic heterocycles. The number of fused-ring (bicyclic) bond motifs is 1. The summed E-state index contributed by atoms with van der Waals surface area (Å²) in [6.07, 6.45) is 0. The molecule has 0 aliphatic heterocycles. The number of benzene rings is 2. The van der Waals surface area contributed by atoms with E-state index in [1.807, 2.05) is 76.3 Å². The monoisotopic (exact) mass is 448 g/mol. The number of amides is 1. The maximum absolute atomic E-state index is 13.1. The molecule has 0 atom stereocenters. The van der Waals surface area contributed by atoms with Crippen molar-refractivity contribution in [2.75, 3.05) is 5.32 Å². The van der Waals surface area contributed by atoms with Crippen LogP contribution in [0.2, 0.25) is 0 Å². The van der Waals surface area contributed by atoms with E-state index in [-0.39, 0.29) is 5.91 Å². The lowest BCUT2D eigenvalue weighted by Crippen LogP contribution is -2.17. The van der Waals surface area contributed by atoms with Gasteiger partial charge in [-0.15, -0.1) is 0 Å². The van der Waals surface area contributed by atoms with Crippen LogP contribution >= 0.6 is 15.9 Å². The summed E-state index contributed by atoms with van der Waals surface area (Å²) >= 11 is 3.47. The fourth-order valence-corrected chi connectivity index (χ4v) is 3.81. The number of pyridine rings is 1. The Labute approximate surface area is 177 Å². The SMILES string of the molecule is Cc1ccc2cc(C(=O)Nc3c(-c4ccc(Br)cc4)c(C)nn3C)c(C)nc2c1. The lowest BCUT2D eigenvalue weighted by molar-refractivity contribution is 0.102. The number of hydrogen-bond acceptors (Lipinski definition) is 3. The number of carbonyl (C=O) groups excluding carboxylic acids is 1. The van der Waals surface area contributed by atoms with Crippen molar-refractivity contribution in [3.63, 3.8) is 0 Å². The van der Waals surface area contributed by atoms with Gasteiger partial charge in [-0.2, -0.15) is 5.10 Å². The number of rotatable bonds is 3. The molecule has 4 aromatic rings. The van der Waals surface area contributed by atoms with Crippen molar-refractivity contribution in [2.24, 2.45) is 7.05 Å². The summed E-state index contributed by atoms with van der Waals surface area (Å²) in [5.74, 6) is 0.470. The van der Waals surface area contributed by atoms with Crippen LogP contribution in [0.25, 0.3) is 22.0 Å². The third-order valence-corrected chi connectivity index (χ3v) is 5.52. The molecule has 4 rings (SSSR count). The largest absolute Gasteiger partial charge is 0.306 e. The van der Waals surface area contributed by atoms with Gasteiger partial charge in [0.05, 0.1) is 22.5 Å². The van der Waals surface area contributed by atoms with Gasteiger partial charge in [0, 0.05) is 22.5 Å². The molecule has 0 aliphatic carbocycles. The highest BCUT2D eigenvalue weighted by molar-refractivity contribution is 9.10. The molecule has 0 saturated heterocycles. The molecule has 0 aliphatic rings. The van der Waals surface area contributed by atoms with Gasteiger partial charge in [-0.1, -0.05) is 40.2 Å². The summed E-state index contributed by atoms with van der Waals surface area (Å²) < 4.78 is 2.71. The van der Waals surface area contributed by atoms with Crippen LogP contribution in [-0.2, 0) is 7.05 Å². The molecule has 1 amide bonds. The Morgan fingerprint density at radius 2 is 1.72 bits per heavy atom. The predicted molar refractivity (Wildman–Crippen MR) is 120 cm³/mol. The fourth-order valence-electron chi connectivity index (χ4n) is 3.54. The predicted octanol–water partition coefficient (Wildman–Crippen LogP) is 5.58. The third-order valence-electron chi connectivity index (χ3n) is 5.00. The average molecular weight is 449 g/mol. The van der Waals surface area contributed by atoms with E-state index in [2.05, 4.69) is 31.3 Å². The fraction of sp³-hybridized carbons (Fsp3) is 0.174. The van der Waals surface area contributed by atoms with Crippen LogP contribution in [0.15, 0.2) is 53.0 Å². The Balaban J connectivity index is 1.74. The first kappa shape index (κ1) is 19.3. The number of nitrogens with zero attached hydrogens (tertiary/aromatic N) is 3. The maximum atomic E-state index is 13.1. The zero-order valence-corrected chi connectivity index (χ0v) is 18.3. The van der Waals surface area contributed by atoms with Crippen molar-refractivity contribution in [2.45, 2.75) is 20.8 Å². The van der Waals surface area contributed by atoms with E-state index in [4.69, 9.17) is 0 Å². The van der Waals surface area contributed by atoms with Crippen LogP contribution in [0.1, 0.15) is 27.3 Å². The second-order valence-electron chi connectivity index (χ2n) is 7.21. The van der Waals surface area contributed by atoms with E-state index in [9.17, 15) is 4.79 Å². The lowest BCUT2D eigenvalue weighted by atomic mass is 10.0. The molecule has 6 heteroatoms. The highest BCUT2D eigenvalue weighted by Crippen LogP contribution is 2.32. The average Bonchev–Trinajstić information content (AvgIpc) is 2.95. The highest BCUT2D eigenvalue weighted by Gasteiger charge is 2.20. The molecule has 1 N–H and O–H groups in total. The second kappa shape index (κ2) is 7.44. The first-order valence-electron chi connectivity index (χ1n) is 9.32. The molecule has 0 fully saturated rings. The van der Waals surface area contributed by atoms with Crippen LogP contribution < -0.4 is 5.32 Å². The van der Waals surface area contributed by atoms with E-state index in [0.717, 1.165) is 37.8 Å². The van der Waals surface area contributed by atoms with E-state index in [0.29, 0.717) is 17.1 Å². The van der Waals surface area contributed by atoms with Crippen molar-refractivity contribution in [3.8, 4) is 11.1 Å². The molecule has 0 bridgehead atoms. The highest BCUT2D eigenvalue weighted by atomic mass is 79.9. The minimum Gasteiger partial charge on any atom is -0.306 e. The quantitative estimate of drug-likeness (QED) is 0.445. The molecule has 0 spiro atoms. The smallest absolute Gasteiger partial charge is 0.258 e. The number of carbonyl (C=O) groups is 1. The van der Waals surface area contributed by atoms with Gasteiger partial charge >= 0.3 is 0 Å². The van der Waals surface area contributed by atoms with Crippen molar-refractivity contribution in [3.05, 3.63) is 75.5 Å². The zero-order chi connectivity index (χ0) is 20.7. The zero-order valence-electron chi connectivity index (χ0n) is 16.7. The number of aromatic nitrogens is 3. The molecule has 2 heterocycles. The summed E-state index contributed by atoms with van der Waals surface area (Å²) in [6, 6.07) is 15.9.